The van der Waals surface area contributed by atoms with Crippen LogP contribution in [0.4, 0.5) is 0 Å². The summed E-state index contributed by atoms with van der Waals surface area (Å²) in [5, 5.41) is 0. The van der Waals surface area contributed by atoms with Crippen molar-refractivity contribution < 1.29 is 9.47 Å². The molecule has 2 atom stereocenters. The topological polar surface area (TPSA) is 18.5 Å². The second kappa shape index (κ2) is 4.45. The lowest BCUT2D eigenvalue weighted by Crippen LogP contribution is -2.35. The van der Waals surface area contributed by atoms with Crippen LogP contribution in [0.2, 0.25) is 0 Å². The summed E-state index contributed by atoms with van der Waals surface area (Å²) in [6.07, 6.45) is 1.26. The molecule has 0 spiro atoms. The van der Waals surface area contributed by atoms with E-state index >= 15 is 0 Å². The first kappa shape index (κ1) is 10.3. The summed E-state index contributed by atoms with van der Waals surface area (Å²) >= 11 is 5.94. The third-order valence-electron chi connectivity index (χ3n) is 2.69. The predicted octanol–water partition coefficient (Wildman–Crippen LogP) is 2.06. The molecule has 1 rings (SSSR count). The highest BCUT2D eigenvalue weighted by atomic mass is 35.5. The standard InChI is InChI=1S/C9H17ClO2/c1-3-11-7-9(6-10)4-5-12-8(9)2/h8H,3-7H2,1-2H3. The van der Waals surface area contributed by atoms with E-state index in [2.05, 4.69) is 6.92 Å². The molecule has 2 nitrogen and oxygen atoms in total. The van der Waals surface area contributed by atoms with Crippen LogP contribution in [0.25, 0.3) is 0 Å². The van der Waals surface area contributed by atoms with Gasteiger partial charge in [-0.3, -0.25) is 0 Å². The van der Waals surface area contributed by atoms with Crippen LogP contribution in [-0.2, 0) is 9.47 Å². The number of halogens is 1. The van der Waals surface area contributed by atoms with E-state index in [1.54, 1.807) is 0 Å². The third-order valence-corrected chi connectivity index (χ3v) is 3.22. The molecular formula is C9H17ClO2. The van der Waals surface area contributed by atoms with Gasteiger partial charge in [-0.25, -0.2) is 0 Å². The van der Waals surface area contributed by atoms with Crippen molar-refractivity contribution >= 4 is 11.6 Å². The van der Waals surface area contributed by atoms with E-state index in [-0.39, 0.29) is 11.5 Å². The Bertz CT molecular complexity index is 140. The summed E-state index contributed by atoms with van der Waals surface area (Å²) in [5.41, 5.74) is 0.0670. The first-order valence-corrected chi connectivity index (χ1v) is 5.04. The molecule has 0 radical (unpaired) electrons. The van der Waals surface area contributed by atoms with Gasteiger partial charge in [-0.2, -0.15) is 0 Å². The lowest BCUT2D eigenvalue weighted by Gasteiger charge is -2.29. The zero-order valence-electron chi connectivity index (χ0n) is 7.81. The summed E-state index contributed by atoms with van der Waals surface area (Å²) < 4.78 is 10.9. The Hall–Kier alpha value is 0.210. The van der Waals surface area contributed by atoms with Gasteiger partial charge in [-0.05, 0) is 20.3 Å². The van der Waals surface area contributed by atoms with Crippen LogP contribution in [0.15, 0.2) is 0 Å². The van der Waals surface area contributed by atoms with Crippen LogP contribution in [-0.4, -0.2) is 31.8 Å². The first-order chi connectivity index (χ1) is 5.75. The predicted molar refractivity (Wildman–Crippen MR) is 49.7 cm³/mol. The maximum absolute atomic E-state index is 5.94. The third kappa shape index (κ3) is 1.93. The normalized spacial score (nSPS) is 35.8. The van der Waals surface area contributed by atoms with Crippen molar-refractivity contribution in [3.63, 3.8) is 0 Å². The Morgan fingerprint density at radius 3 is 2.83 bits per heavy atom. The van der Waals surface area contributed by atoms with Gasteiger partial charge >= 0.3 is 0 Å². The Morgan fingerprint density at radius 1 is 1.67 bits per heavy atom. The SMILES string of the molecule is CCOCC1(CCl)CCOC1C. The molecule has 1 fully saturated rings. The average molecular weight is 193 g/mol. The second-order valence-corrected chi connectivity index (χ2v) is 3.66. The highest BCUT2D eigenvalue weighted by Gasteiger charge is 2.40. The van der Waals surface area contributed by atoms with Gasteiger partial charge in [0.2, 0.25) is 0 Å². The zero-order valence-corrected chi connectivity index (χ0v) is 8.56. The summed E-state index contributed by atoms with van der Waals surface area (Å²) in [5.74, 6) is 0.633. The summed E-state index contributed by atoms with van der Waals surface area (Å²) in [6.45, 7) is 6.39. The zero-order chi connectivity index (χ0) is 9.03. The van der Waals surface area contributed by atoms with E-state index < -0.39 is 0 Å². The van der Waals surface area contributed by atoms with E-state index in [0.717, 1.165) is 26.2 Å². The van der Waals surface area contributed by atoms with Crippen molar-refractivity contribution in [1.29, 1.82) is 0 Å². The van der Waals surface area contributed by atoms with Gasteiger partial charge in [0.05, 0.1) is 12.7 Å². The minimum Gasteiger partial charge on any atom is -0.381 e. The van der Waals surface area contributed by atoms with Crippen molar-refractivity contribution in [2.75, 3.05) is 25.7 Å². The maximum atomic E-state index is 5.94. The number of alkyl halides is 1. The molecule has 0 aromatic carbocycles. The molecule has 1 saturated heterocycles. The number of hydrogen-bond acceptors (Lipinski definition) is 2. The van der Waals surface area contributed by atoms with E-state index in [1.807, 2.05) is 6.92 Å². The fraction of sp³-hybridized carbons (Fsp3) is 1.00. The monoisotopic (exact) mass is 192 g/mol. The first-order valence-electron chi connectivity index (χ1n) is 4.50. The Balaban J connectivity index is 2.49. The van der Waals surface area contributed by atoms with Crippen LogP contribution in [0, 0.1) is 5.41 Å². The Kier molecular flexibility index (Phi) is 3.81. The van der Waals surface area contributed by atoms with Crippen LogP contribution < -0.4 is 0 Å². The van der Waals surface area contributed by atoms with Gasteiger partial charge in [0.25, 0.3) is 0 Å². The molecule has 0 aliphatic carbocycles. The van der Waals surface area contributed by atoms with Crippen LogP contribution >= 0.6 is 11.6 Å². The van der Waals surface area contributed by atoms with E-state index in [4.69, 9.17) is 21.1 Å². The molecule has 0 bridgehead atoms. The summed E-state index contributed by atoms with van der Waals surface area (Å²) in [4.78, 5) is 0. The highest BCUT2D eigenvalue weighted by molar-refractivity contribution is 6.18. The lowest BCUT2D eigenvalue weighted by atomic mass is 9.85. The average Bonchev–Trinajstić information content (AvgIpc) is 2.45. The van der Waals surface area contributed by atoms with Crippen LogP contribution in [0.3, 0.4) is 0 Å². The fourth-order valence-corrected chi connectivity index (χ4v) is 1.96. The summed E-state index contributed by atoms with van der Waals surface area (Å²) in [7, 11) is 0. The van der Waals surface area contributed by atoms with E-state index in [1.165, 1.54) is 0 Å². The van der Waals surface area contributed by atoms with Gasteiger partial charge in [0.15, 0.2) is 0 Å². The Labute approximate surface area is 79.2 Å². The fourth-order valence-electron chi connectivity index (χ4n) is 1.53. The van der Waals surface area contributed by atoms with Gasteiger partial charge in [-0.1, -0.05) is 0 Å². The molecule has 1 aliphatic heterocycles. The molecule has 1 heterocycles. The largest absolute Gasteiger partial charge is 0.381 e. The quantitative estimate of drug-likeness (QED) is 0.635. The van der Waals surface area contributed by atoms with Gasteiger partial charge in [0.1, 0.15) is 0 Å². The molecule has 0 aromatic rings. The second-order valence-electron chi connectivity index (χ2n) is 3.40. The minimum absolute atomic E-state index is 0.0670. The van der Waals surface area contributed by atoms with E-state index in [0.29, 0.717) is 5.88 Å². The molecular weight excluding hydrogens is 176 g/mol. The van der Waals surface area contributed by atoms with Crippen LogP contribution in [0.5, 0.6) is 0 Å². The van der Waals surface area contributed by atoms with Crippen LogP contribution in [0.1, 0.15) is 20.3 Å². The maximum Gasteiger partial charge on any atom is 0.0637 e. The number of hydrogen-bond donors (Lipinski definition) is 0. The van der Waals surface area contributed by atoms with Gasteiger partial charge < -0.3 is 9.47 Å². The molecule has 0 aromatic heterocycles. The highest BCUT2D eigenvalue weighted by Crippen LogP contribution is 2.36. The molecule has 0 N–H and O–H groups in total. The molecule has 12 heavy (non-hydrogen) atoms. The molecule has 2 unspecified atom stereocenters. The van der Waals surface area contributed by atoms with Gasteiger partial charge in [0, 0.05) is 24.5 Å². The minimum atomic E-state index is 0.0670. The van der Waals surface area contributed by atoms with Crippen molar-refractivity contribution in [2.45, 2.75) is 26.4 Å². The summed E-state index contributed by atoms with van der Waals surface area (Å²) in [6, 6.07) is 0. The lowest BCUT2D eigenvalue weighted by molar-refractivity contribution is 0.00926. The van der Waals surface area contributed by atoms with Crippen molar-refractivity contribution in [3.8, 4) is 0 Å². The molecule has 0 amide bonds. The number of rotatable bonds is 4. The molecule has 72 valence electrons. The molecule has 3 heteroatoms. The molecule has 0 saturated carbocycles. The van der Waals surface area contributed by atoms with Crippen molar-refractivity contribution in [1.82, 2.24) is 0 Å². The number of ether oxygens (including phenoxy) is 2. The smallest absolute Gasteiger partial charge is 0.0637 e. The van der Waals surface area contributed by atoms with E-state index in [9.17, 15) is 0 Å². The molecule has 1 aliphatic rings. The van der Waals surface area contributed by atoms with Crippen molar-refractivity contribution in [3.05, 3.63) is 0 Å². The van der Waals surface area contributed by atoms with Crippen molar-refractivity contribution in [2.24, 2.45) is 5.41 Å². The van der Waals surface area contributed by atoms with Gasteiger partial charge in [-0.15, -0.1) is 11.6 Å². The Morgan fingerprint density at radius 2 is 2.42 bits per heavy atom.